The first kappa shape index (κ1) is 13.0. The summed E-state index contributed by atoms with van der Waals surface area (Å²) in [5.74, 6) is 0. The van der Waals surface area contributed by atoms with Crippen LogP contribution >= 0.6 is 0 Å². The number of aromatic nitrogens is 2. The largest absolute Gasteiger partial charge is 0.456 e. The fraction of sp³-hybridized carbons (Fsp3) is 0.0455. The van der Waals surface area contributed by atoms with Gasteiger partial charge in [-0.05, 0) is 36.8 Å². The van der Waals surface area contributed by atoms with Crippen molar-refractivity contribution in [3.8, 4) is 0 Å². The number of pyridine rings is 1. The van der Waals surface area contributed by atoms with Crippen LogP contribution in [0.3, 0.4) is 0 Å². The lowest BCUT2D eigenvalue weighted by atomic mass is 10.0. The predicted octanol–water partition coefficient (Wildman–Crippen LogP) is 5.85. The molecule has 0 saturated heterocycles. The Morgan fingerprint density at radius 2 is 1.68 bits per heavy atom. The van der Waals surface area contributed by atoms with Gasteiger partial charge < -0.3 is 4.42 Å². The second-order valence-corrected chi connectivity index (χ2v) is 6.62. The summed E-state index contributed by atoms with van der Waals surface area (Å²) in [6.07, 6.45) is 2.21. The van der Waals surface area contributed by atoms with Crippen LogP contribution in [0.1, 0.15) is 5.56 Å². The van der Waals surface area contributed by atoms with Crippen LogP contribution in [0, 0.1) is 6.92 Å². The monoisotopic (exact) mass is 322 g/mol. The van der Waals surface area contributed by atoms with E-state index in [4.69, 9.17) is 9.40 Å². The van der Waals surface area contributed by atoms with Crippen LogP contribution in [-0.2, 0) is 0 Å². The van der Waals surface area contributed by atoms with E-state index in [1.165, 1.54) is 10.9 Å². The van der Waals surface area contributed by atoms with Gasteiger partial charge in [0.25, 0.3) is 0 Å². The van der Waals surface area contributed by atoms with Crippen LogP contribution < -0.4 is 0 Å². The van der Waals surface area contributed by atoms with Crippen molar-refractivity contribution in [3.63, 3.8) is 0 Å². The summed E-state index contributed by atoms with van der Waals surface area (Å²) in [7, 11) is 0. The summed E-state index contributed by atoms with van der Waals surface area (Å²) in [4.78, 5) is 4.89. The highest BCUT2D eigenvalue weighted by atomic mass is 16.3. The highest BCUT2D eigenvalue weighted by Crippen LogP contribution is 2.36. The van der Waals surface area contributed by atoms with Gasteiger partial charge in [-0.15, -0.1) is 0 Å². The molecule has 0 saturated carbocycles. The zero-order chi connectivity index (χ0) is 16.5. The van der Waals surface area contributed by atoms with Crippen molar-refractivity contribution < 1.29 is 4.42 Å². The Hall–Kier alpha value is -3.33. The minimum absolute atomic E-state index is 0.900. The van der Waals surface area contributed by atoms with Crippen molar-refractivity contribution in [2.45, 2.75) is 6.92 Å². The van der Waals surface area contributed by atoms with Crippen LogP contribution in [-0.4, -0.2) is 9.38 Å². The first-order valence-corrected chi connectivity index (χ1v) is 8.41. The Bertz CT molecular complexity index is 1450. The van der Waals surface area contributed by atoms with Gasteiger partial charge in [0.15, 0.2) is 0 Å². The van der Waals surface area contributed by atoms with Crippen LogP contribution in [0.25, 0.3) is 49.4 Å². The zero-order valence-corrected chi connectivity index (χ0v) is 13.7. The van der Waals surface area contributed by atoms with Crippen LogP contribution in [0.5, 0.6) is 0 Å². The number of imidazole rings is 1. The zero-order valence-electron chi connectivity index (χ0n) is 13.7. The molecule has 0 atom stereocenters. The molecule has 0 unspecified atom stereocenters. The lowest BCUT2D eigenvalue weighted by Gasteiger charge is -2.10. The molecular formula is C22H14N2O. The molecule has 3 heteroatoms. The number of nitrogens with zero attached hydrogens (tertiary/aromatic N) is 2. The van der Waals surface area contributed by atoms with Crippen molar-refractivity contribution in [1.82, 2.24) is 9.38 Å². The Morgan fingerprint density at radius 3 is 2.64 bits per heavy atom. The third kappa shape index (κ3) is 1.62. The number of aryl methyl sites for hydroxylation is 1. The average Bonchev–Trinajstić information content (AvgIpc) is 3.00. The molecule has 0 N–H and O–H groups in total. The molecule has 0 aliphatic carbocycles. The van der Waals surface area contributed by atoms with Gasteiger partial charge in [0, 0.05) is 27.7 Å². The number of fused-ring (bicyclic) bond motifs is 6. The topological polar surface area (TPSA) is 30.4 Å². The summed E-state index contributed by atoms with van der Waals surface area (Å²) in [5.41, 5.74) is 6.18. The molecule has 3 aromatic heterocycles. The summed E-state index contributed by atoms with van der Waals surface area (Å²) in [5, 5.41) is 4.59. The molecule has 3 nitrogen and oxygen atoms in total. The molecule has 0 radical (unpaired) electrons. The van der Waals surface area contributed by atoms with E-state index in [2.05, 4.69) is 53.9 Å². The summed E-state index contributed by atoms with van der Waals surface area (Å²) in [6.45, 7) is 2.12. The van der Waals surface area contributed by atoms with Crippen molar-refractivity contribution >= 4 is 49.4 Å². The normalized spacial score (nSPS) is 12.2. The fourth-order valence-corrected chi connectivity index (χ4v) is 3.90. The number of para-hydroxylation sites is 1. The molecule has 0 fully saturated rings. The van der Waals surface area contributed by atoms with Gasteiger partial charge in [-0.2, -0.15) is 0 Å². The highest BCUT2D eigenvalue weighted by Gasteiger charge is 2.15. The van der Waals surface area contributed by atoms with Gasteiger partial charge in [0.05, 0.1) is 11.0 Å². The molecule has 6 rings (SSSR count). The molecule has 118 valence electrons. The Kier molecular flexibility index (Phi) is 2.29. The molecule has 3 aromatic carbocycles. The number of rotatable bonds is 0. The fourth-order valence-electron chi connectivity index (χ4n) is 3.90. The second-order valence-electron chi connectivity index (χ2n) is 6.62. The standard InChI is InChI=1S/C22H14N2O/c1-13-9-10-17-18(11-13)24-12-16-14-5-2-3-7-19(14)25-20-8-4-6-15(21(16)20)22(24)23-17/h2-12H,1H3. The Balaban J connectivity index is 2.00. The van der Waals surface area contributed by atoms with E-state index in [1.807, 2.05) is 24.3 Å². The molecule has 0 amide bonds. The summed E-state index contributed by atoms with van der Waals surface area (Å²) < 4.78 is 8.37. The first-order valence-electron chi connectivity index (χ1n) is 8.41. The van der Waals surface area contributed by atoms with E-state index in [9.17, 15) is 0 Å². The van der Waals surface area contributed by atoms with Crippen molar-refractivity contribution in [1.29, 1.82) is 0 Å². The van der Waals surface area contributed by atoms with Gasteiger partial charge >= 0.3 is 0 Å². The Morgan fingerprint density at radius 1 is 0.840 bits per heavy atom. The van der Waals surface area contributed by atoms with Crippen LogP contribution in [0.4, 0.5) is 0 Å². The SMILES string of the molecule is Cc1ccc2nc3c4cccc5oc6ccccc6c(cn3c2c1)c54. The number of benzene rings is 3. The van der Waals surface area contributed by atoms with E-state index >= 15 is 0 Å². The lowest BCUT2D eigenvalue weighted by Crippen LogP contribution is -1.90. The van der Waals surface area contributed by atoms with E-state index in [0.717, 1.165) is 44.0 Å². The maximum Gasteiger partial charge on any atom is 0.146 e. The van der Waals surface area contributed by atoms with Crippen LogP contribution in [0.2, 0.25) is 0 Å². The molecule has 6 aromatic rings. The third-order valence-corrected chi connectivity index (χ3v) is 5.04. The predicted molar refractivity (Wildman–Crippen MR) is 102 cm³/mol. The summed E-state index contributed by atoms with van der Waals surface area (Å²) >= 11 is 0. The third-order valence-electron chi connectivity index (χ3n) is 5.04. The van der Waals surface area contributed by atoms with Gasteiger partial charge in [-0.1, -0.05) is 36.4 Å². The minimum atomic E-state index is 0.900. The van der Waals surface area contributed by atoms with Gasteiger partial charge in [0.1, 0.15) is 16.8 Å². The molecule has 0 aliphatic rings. The van der Waals surface area contributed by atoms with Gasteiger partial charge in [-0.3, -0.25) is 4.40 Å². The molecule has 0 bridgehead atoms. The van der Waals surface area contributed by atoms with E-state index in [0.29, 0.717) is 0 Å². The molecule has 0 spiro atoms. The number of hydrogen-bond acceptors (Lipinski definition) is 2. The van der Waals surface area contributed by atoms with E-state index < -0.39 is 0 Å². The second kappa shape index (κ2) is 4.39. The number of hydrogen-bond donors (Lipinski definition) is 0. The highest BCUT2D eigenvalue weighted by molar-refractivity contribution is 6.20. The molecule has 3 heterocycles. The van der Waals surface area contributed by atoms with Gasteiger partial charge in [-0.25, -0.2) is 4.98 Å². The van der Waals surface area contributed by atoms with E-state index in [1.54, 1.807) is 0 Å². The minimum Gasteiger partial charge on any atom is -0.456 e. The lowest BCUT2D eigenvalue weighted by molar-refractivity contribution is 0.662. The van der Waals surface area contributed by atoms with Gasteiger partial charge in [0.2, 0.25) is 0 Å². The van der Waals surface area contributed by atoms with Crippen molar-refractivity contribution in [3.05, 3.63) is 72.4 Å². The maximum atomic E-state index is 6.15. The molecule has 0 aliphatic heterocycles. The molecular weight excluding hydrogens is 308 g/mol. The summed E-state index contributed by atoms with van der Waals surface area (Å²) in [6, 6.07) is 20.8. The average molecular weight is 322 g/mol. The smallest absolute Gasteiger partial charge is 0.146 e. The Labute approximate surface area is 143 Å². The first-order chi connectivity index (χ1) is 12.3. The quantitative estimate of drug-likeness (QED) is 0.259. The maximum absolute atomic E-state index is 6.15. The van der Waals surface area contributed by atoms with Crippen molar-refractivity contribution in [2.75, 3.05) is 0 Å². The van der Waals surface area contributed by atoms with Crippen LogP contribution in [0.15, 0.2) is 71.3 Å². The molecule has 25 heavy (non-hydrogen) atoms. The van der Waals surface area contributed by atoms with E-state index in [-0.39, 0.29) is 0 Å². The van der Waals surface area contributed by atoms with Crippen molar-refractivity contribution in [2.24, 2.45) is 0 Å².